The third-order valence-electron chi connectivity index (χ3n) is 7.34. The van der Waals surface area contributed by atoms with Gasteiger partial charge in [0.1, 0.15) is 34.5 Å². The van der Waals surface area contributed by atoms with E-state index in [1.807, 2.05) is 0 Å². The molecule has 0 bridgehead atoms. The van der Waals surface area contributed by atoms with Crippen molar-refractivity contribution in [2.45, 2.75) is 45.0 Å². The van der Waals surface area contributed by atoms with E-state index in [9.17, 15) is 23.1 Å². The van der Waals surface area contributed by atoms with E-state index in [4.69, 9.17) is 9.47 Å². The number of phenolic OH excluding ortho intramolecular Hbond substituents is 1. The topological polar surface area (TPSA) is 59.0 Å². The molecule has 0 radical (unpaired) electrons. The van der Waals surface area contributed by atoms with Crippen molar-refractivity contribution in [1.82, 2.24) is 4.90 Å². The molecule has 3 aromatic carbocycles. The molecule has 1 saturated carbocycles. The third-order valence-corrected chi connectivity index (χ3v) is 8.51. The number of ether oxygens (including phenoxy) is 2. The van der Waals surface area contributed by atoms with Crippen LogP contribution in [0.1, 0.15) is 39.2 Å². The highest BCUT2D eigenvalue weighted by molar-refractivity contribution is 7.21. The van der Waals surface area contributed by atoms with E-state index >= 15 is 0 Å². The summed E-state index contributed by atoms with van der Waals surface area (Å²) in [6, 6.07) is 12.2. The maximum absolute atomic E-state index is 14.9. The smallest absolute Gasteiger partial charge is 0.207 e. The number of aromatic hydroxyl groups is 1. The average molecular weight is 554 g/mol. The molecule has 2 unspecified atom stereocenters. The molecule has 1 aliphatic heterocycles. The van der Waals surface area contributed by atoms with Gasteiger partial charge in [0.25, 0.3) is 0 Å². The van der Waals surface area contributed by atoms with Gasteiger partial charge in [-0.3, -0.25) is 9.69 Å². The fraction of sp³-hybridized carbons (Fsp3) is 0.300. The number of nitrogens with zero attached hydrogens (tertiary/aromatic N) is 1. The van der Waals surface area contributed by atoms with Crippen molar-refractivity contribution >= 4 is 27.2 Å². The van der Waals surface area contributed by atoms with Crippen LogP contribution < -0.4 is 9.47 Å². The van der Waals surface area contributed by atoms with Gasteiger partial charge in [-0.1, -0.05) is 0 Å². The number of aryl methyl sites for hydroxylation is 2. The summed E-state index contributed by atoms with van der Waals surface area (Å²) in [5, 5.41) is 10.3. The molecule has 3 atom stereocenters. The highest BCUT2D eigenvalue weighted by Gasteiger charge is 2.45. The van der Waals surface area contributed by atoms with Crippen molar-refractivity contribution in [1.29, 1.82) is 0 Å². The number of hydrogen-bond donors (Lipinski definition) is 1. The minimum absolute atomic E-state index is 0.0209. The molecular formula is C30H26F3NO4S. The van der Waals surface area contributed by atoms with Crippen LogP contribution in [0.15, 0.2) is 48.5 Å². The first kappa shape index (κ1) is 25.7. The maximum Gasteiger partial charge on any atom is 0.207 e. The molecule has 1 aromatic heterocycles. The number of alkyl halides is 1. The van der Waals surface area contributed by atoms with Crippen LogP contribution in [-0.4, -0.2) is 47.2 Å². The monoisotopic (exact) mass is 553 g/mol. The van der Waals surface area contributed by atoms with Crippen LogP contribution in [0.4, 0.5) is 13.2 Å². The van der Waals surface area contributed by atoms with Crippen LogP contribution in [0.5, 0.6) is 23.0 Å². The molecule has 202 valence electrons. The number of carbonyl (C=O) groups is 1. The Morgan fingerprint density at radius 2 is 1.72 bits per heavy atom. The zero-order valence-corrected chi connectivity index (χ0v) is 22.2. The number of likely N-dealkylation sites (tertiary alicyclic amines) is 1. The van der Waals surface area contributed by atoms with Crippen molar-refractivity contribution in [2.75, 3.05) is 13.1 Å². The van der Waals surface area contributed by atoms with Gasteiger partial charge in [-0.05, 0) is 86.3 Å². The summed E-state index contributed by atoms with van der Waals surface area (Å²) in [6.45, 7) is 4.80. The van der Waals surface area contributed by atoms with Gasteiger partial charge in [-0.25, -0.2) is 13.2 Å². The number of rotatable bonds is 7. The molecule has 0 spiro atoms. The second-order valence-electron chi connectivity index (χ2n) is 10.2. The number of hydrogen-bond acceptors (Lipinski definition) is 6. The van der Waals surface area contributed by atoms with E-state index in [-0.39, 0.29) is 27.5 Å². The van der Waals surface area contributed by atoms with Gasteiger partial charge in [0.15, 0.2) is 17.3 Å². The predicted octanol–water partition coefficient (Wildman–Crippen LogP) is 7.09. The van der Waals surface area contributed by atoms with Crippen molar-refractivity contribution in [3.8, 4) is 23.0 Å². The summed E-state index contributed by atoms with van der Waals surface area (Å²) in [4.78, 5) is 16.0. The highest BCUT2D eigenvalue weighted by Crippen LogP contribution is 2.45. The number of phenols is 1. The van der Waals surface area contributed by atoms with E-state index in [0.717, 1.165) is 24.3 Å². The Kier molecular flexibility index (Phi) is 6.51. The van der Waals surface area contributed by atoms with Crippen molar-refractivity contribution in [3.63, 3.8) is 0 Å². The molecule has 2 fully saturated rings. The number of halogens is 3. The van der Waals surface area contributed by atoms with E-state index in [1.165, 1.54) is 24.3 Å². The number of fused-ring (bicyclic) bond motifs is 1. The zero-order chi connectivity index (χ0) is 27.4. The molecule has 4 aromatic rings. The summed E-state index contributed by atoms with van der Waals surface area (Å²) in [5.74, 6) is -1.03. The van der Waals surface area contributed by atoms with Gasteiger partial charge < -0.3 is 14.6 Å². The van der Waals surface area contributed by atoms with Gasteiger partial charge in [0.05, 0.1) is 4.70 Å². The molecule has 1 N–H and O–H groups in total. The van der Waals surface area contributed by atoms with Gasteiger partial charge in [0.2, 0.25) is 5.78 Å². The SMILES string of the molecule is Cc1cc(F)cc(C)c1C(=O)c1sc2c(F)c(O)ccc2c1Oc1ccc(O[C@H]2CCN(C3CC3F)C2)cc1. The Balaban J connectivity index is 1.28. The largest absolute Gasteiger partial charge is 0.505 e. The fourth-order valence-corrected chi connectivity index (χ4v) is 6.41. The average Bonchev–Trinajstić information content (AvgIpc) is 3.28. The van der Waals surface area contributed by atoms with Crippen LogP contribution >= 0.6 is 11.3 Å². The molecule has 2 heterocycles. The molecule has 1 saturated heterocycles. The first-order valence-electron chi connectivity index (χ1n) is 12.8. The van der Waals surface area contributed by atoms with Crippen LogP contribution in [0, 0.1) is 25.5 Å². The summed E-state index contributed by atoms with van der Waals surface area (Å²) in [5.41, 5.74) is 1.23. The van der Waals surface area contributed by atoms with Crippen molar-refractivity contribution < 1.29 is 32.5 Å². The Bertz CT molecular complexity index is 1560. The standard InChI is InChI=1S/C30H26F3NO4S/c1-15-11-17(31)12-16(2)25(15)27(36)30-28(21-7-8-24(35)26(33)29(21)39-30)38-19-5-3-18(4-6-19)37-20-9-10-34(14-20)23-13-22(23)32/h3-8,11-12,20,22-23,35H,9-10,13-14H2,1-2H3/t20-,22?,23?/m0/s1. The minimum atomic E-state index is -0.839. The van der Waals surface area contributed by atoms with Crippen molar-refractivity contribution in [3.05, 3.63) is 81.7 Å². The van der Waals surface area contributed by atoms with Gasteiger partial charge >= 0.3 is 0 Å². The molecule has 1 aliphatic carbocycles. The Morgan fingerprint density at radius 3 is 2.38 bits per heavy atom. The molecular weight excluding hydrogens is 527 g/mol. The molecule has 9 heteroatoms. The molecule has 5 nitrogen and oxygen atoms in total. The molecule has 0 amide bonds. The lowest BCUT2D eigenvalue weighted by atomic mass is 9.97. The lowest BCUT2D eigenvalue weighted by molar-refractivity contribution is 0.103. The Hall–Kier alpha value is -3.56. The van der Waals surface area contributed by atoms with Gasteiger partial charge in [-0.2, -0.15) is 0 Å². The van der Waals surface area contributed by atoms with Crippen LogP contribution in [-0.2, 0) is 0 Å². The first-order chi connectivity index (χ1) is 18.7. The van der Waals surface area contributed by atoms with Crippen LogP contribution in [0.25, 0.3) is 10.1 Å². The summed E-state index contributed by atoms with van der Waals surface area (Å²) >= 11 is 0.881. The van der Waals surface area contributed by atoms with Crippen LogP contribution in [0.3, 0.4) is 0 Å². The fourth-order valence-electron chi connectivity index (χ4n) is 5.31. The summed E-state index contributed by atoms with van der Waals surface area (Å²) < 4.78 is 54.5. The third kappa shape index (κ3) is 4.85. The maximum atomic E-state index is 14.9. The van der Waals surface area contributed by atoms with E-state index in [1.54, 1.807) is 38.1 Å². The summed E-state index contributed by atoms with van der Waals surface area (Å²) in [6.07, 6.45) is 0.685. The highest BCUT2D eigenvalue weighted by atomic mass is 32.1. The lowest BCUT2D eigenvalue weighted by Gasteiger charge is -2.16. The Labute approximate surface area is 227 Å². The zero-order valence-electron chi connectivity index (χ0n) is 21.3. The number of thiophene rings is 1. The summed E-state index contributed by atoms with van der Waals surface area (Å²) in [7, 11) is 0. The molecule has 6 rings (SSSR count). The molecule has 39 heavy (non-hydrogen) atoms. The van der Waals surface area contributed by atoms with E-state index < -0.39 is 29.3 Å². The van der Waals surface area contributed by atoms with Gasteiger partial charge in [0, 0.05) is 30.1 Å². The first-order valence-corrected chi connectivity index (χ1v) is 13.6. The number of carbonyl (C=O) groups excluding carboxylic acids is 1. The second kappa shape index (κ2) is 9.88. The molecule has 2 aliphatic rings. The minimum Gasteiger partial charge on any atom is -0.505 e. The predicted molar refractivity (Wildman–Crippen MR) is 143 cm³/mol. The van der Waals surface area contributed by atoms with E-state index in [2.05, 4.69) is 4.90 Å². The number of ketones is 1. The van der Waals surface area contributed by atoms with Gasteiger partial charge in [-0.15, -0.1) is 11.3 Å². The normalized spacial score (nSPS) is 20.9. The van der Waals surface area contributed by atoms with Crippen LogP contribution in [0.2, 0.25) is 0 Å². The van der Waals surface area contributed by atoms with Crippen molar-refractivity contribution in [2.24, 2.45) is 0 Å². The quantitative estimate of drug-likeness (QED) is 0.248. The Morgan fingerprint density at radius 1 is 1.05 bits per heavy atom. The second-order valence-corrected chi connectivity index (χ2v) is 11.2. The number of benzene rings is 3. The van der Waals surface area contributed by atoms with E-state index in [0.29, 0.717) is 46.5 Å². The lowest BCUT2D eigenvalue weighted by Crippen LogP contribution is -2.28.